The summed E-state index contributed by atoms with van der Waals surface area (Å²) in [5, 5.41) is 12.1. The van der Waals surface area contributed by atoms with Crippen LogP contribution in [0, 0.1) is 0 Å². The van der Waals surface area contributed by atoms with Gasteiger partial charge in [-0.3, -0.25) is 8.80 Å². The first-order valence-electron chi connectivity index (χ1n) is 18.1. The maximum absolute atomic E-state index is 5.73. The molecule has 0 atom stereocenters. The van der Waals surface area contributed by atoms with Gasteiger partial charge in [0.15, 0.2) is 11.3 Å². The van der Waals surface area contributed by atoms with Crippen molar-refractivity contribution in [2.75, 3.05) is 4.90 Å². The molecule has 0 bridgehead atoms. The zero-order chi connectivity index (χ0) is 34.4. The van der Waals surface area contributed by atoms with E-state index in [0.717, 1.165) is 66.7 Å². The molecule has 0 unspecified atom stereocenters. The molecule has 0 saturated heterocycles. The Morgan fingerprint density at radius 1 is 0.377 bits per heavy atom. The highest BCUT2D eigenvalue weighted by Crippen LogP contribution is 2.48. The minimum Gasteiger partial charge on any atom is -0.308 e. The Balaban J connectivity index is 1.24. The molecular weight excluding hydrogens is 647 g/mol. The van der Waals surface area contributed by atoms with Gasteiger partial charge in [0.25, 0.3) is 0 Å². The molecular formula is C48H27N5. The number of hydrogen-bond acceptors (Lipinski definition) is 3. The Bertz CT molecular complexity index is 3580. The fourth-order valence-corrected chi connectivity index (χ4v) is 9.41. The maximum Gasteiger partial charge on any atom is 0.165 e. The van der Waals surface area contributed by atoms with Crippen LogP contribution in [0.2, 0.25) is 0 Å². The number of hydrogen-bond donors (Lipinski definition) is 0. The second kappa shape index (κ2) is 9.75. The van der Waals surface area contributed by atoms with Gasteiger partial charge in [-0.25, -0.2) is 9.97 Å². The predicted octanol–water partition coefficient (Wildman–Crippen LogP) is 12.6. The molecule has 53 heavy (non-hydrogen) atoms. The maximum atomic E-state index is 5.73. The molecule has 0 saturated carbocycles. The van der Waals surface area contributed by atoms with Crippen LogP contribution < -0.4 is 4.90 Å². The summed E-state index contributed by atoms with van der Waals surface area (Å²) in [7, 11) is 0. The first-order chi connectivity index (χ1) is 26.3. The SMILES string of the molecule is c1ccc(N(c2ccccc2)c2cccc3c4cccc5c6nc7c(nc6n(c23)c45)c2c3ccccc3cc3c4c5ccccc5ccc4n7c32)cc1. The largest absolute Gasteiger partial charge is 0.308 e. The van der Waals surface area contributed by atoms with Crippen LogP contribution in [0.5, 0.6) is 0 Å². The van der Waals surface area contributed by atoms with Crippen LogP contribution in [0.3, 0.4) is 0 Å². The summed E-state index contributed by atoms with van der Waals surface area (Å²) in [6, 6.07) is 58.9. The summed E-state index contributed by atoms with van der Waals surface area (Å²) in [4.78, 5) is 13.8. The van der Waals surface area contributed by atoms with E-state index in [4.69, 9.17) is 9.97 Å². The third-order valence-electron chi connectivity index (χ3n) is 11.5. The molecule has 0 aliphatic carbocycles. The summed E-state index contributed by atoms with van der Waals surface area (Å²) in [5.41, 5.74) is 11.5. The lowest BCUT2D eigenvalue weighted by Crippen LogP contribution is -2.10. The number of rotatable bonds is 3. The smallest absolute Gasteiger partial charge is 0.165 e. The Morgan fingerprint density at radius 3 is 1.74 bits per heavy atom. The fraction of sp³-hybridized carbons (Fsp3) is 0. The highest BCUT2D eigenvalue weighted by molar-refractivity contribution is 6.34. The average Bonchev–Trinajstić information content (AvgIpc) is 3.94. The molecule has 0 fully saturated rings. The fourth-order valence-electron chi connectivity index (χ4n) is 9.41. The molecule has 0 aliphatic rings. The monoisotopic (exact) mass is 673 g/mol. The minimum absolute atomic E-state index is 0.875. The van der Waals surface area contributed by atoms with E-state index in [1.165, 1.54) is 48.6 Å². The quantitative estimate of drug-likeness (QED) is 0.187. The lowest BCUT2D eigenvalue weighted by Gasteiger charge is -2.26. The van der Waals surface area contributed by atoms with Gasteiger partial charge < -0.3 is 4.90 Å². The standard InChI is InChI=1S/C48H27N5/c1-3-15-30(16-4-1)51(31-17-5-2-6-18-31)39-24-12-22-35-34-21-11-23-36-42-47(53(44(34)36)45(35)39)50-43-41-33-20-10-8-14-29(33)27-37-40-32-19-9-7-13-28(32)25-26-38(40)52(46(37)41)48(43)49-42/h1-27H. The number of nitrogens with zero attached hydrogens (tertiary/aromatic N) is 5. The van der Waals surface area contributed by atoms with Crippen LogP contribution in [-0.4, -0.2) is 18.8 Å². The zero-order valence-electron chi connectivity index (χ0n) is 28.3. The van der Waals surface area contributed by atoms with Crippen molar-refractivity contribution in [3.63, 3.8) is 0 Å². The molecule has 0 aliphatic heterocycles. The predicted molar refractivity (Wildman–Crippen MR) is 221 cm³/mol. The van der Waals surface area contributed by atoms with E-state index in [2.05, 4.69) is 177 Å². The highest BCUT2D eigenvalue weighted by Gasteiger charge is 2.28. The van der Waals surface area contributed by atoms with Crippen molar-refractivity contribution in [1.29, 1.82) is 0 Å². The van der Waals surface area contributed by atoms with Crippen molar-refractivity contribution >= 4 is 115 Å². The van der Waals surface area contributed by atoms with E-state index in [9.17, 15) is 0 Å². The third-order valence-corrected chi connectivity index (χ3v) is 11.5. The normalized spacial score (nSPS) is 12.5. The topological polar surface area (TPSA) is 37.8 Å². The van der Waals surface area contributed by atoms with E-state index in [1.807, 2.05) is 0 Å². The molecule has 0 radical (unpaired) electrons. The molecule has 0 N–H and O–H groups in total. The van der Waals surface area contributed by atoms with Crippen LogP contribution in [0.25, 0.3) is 98.3 Å². The van der Waals surface area contributed by atoms with Gasteiger partial charge in [-0.2, -0.15) is 0 Å². The number of benzene rings is 8. The molecule has 5 nitrogen and oxygen atoms in total. The van der Waals surface area contributed by atoms with Crippen LogP contribution in [0.1, 0.15) is 0 Å². The van der Waals surface area contributed by atoms with E-state index >= 15 is 0 Å². The van der Waals surface area contributed by atoms with Crippen LogP contribution >= 0.6 is 0 Å². The number of aromatic nitrogens is 4. The molecule has 0 amide bonds. The van der Waals surface area contributed by atoms with Crippen LogP contribution in [0.4, 0.5) is 17.1 Å². The molecule has 5 heterocycles. The lowest BCUT2D eigenvalue weighted by molar-refractivity contribution is 1.23. The molecule has 5 aromatic heterocycles. The Labute approximate surface area is 301 Å². The third kappa shape index (κ3) is 3.37. The van der Waals surface area contributed by atoms with Crippen LogP contribution in [0.15, 0.2) is 164 Å². The van der Waals surface area contributed by atoms with Gasteiger partial charge in [-0.1, -0.05) is 121 Å². The Kier molecular flexibility index (Phi) is 5.06. The van der Waals surface area contributed by atoms with Crippen molar-refractivity contribution in [2.45, 2.75) is 0 Å². The van der Waals surface area contributed by atoms with Gasteiger partial charge in [0, 0.05) is 43.7 Å². The van der Waals surface area contributed by atoms with E-state index < -0.39 is 0 Å². The van der Waals surface area contributed by atoms with Gasteiger partial charge in [0.2, 0.25) is 0 Å². The van der Waals surface area contributed by atoms with Crippen molar-refractivity contribution in [1.82, 2.24) is 18.8 Å². The van der Waals surface area contributed by atoms with Gasteiger partial charge in [-0.15, -0.1) is 0 Å². The summed E-state index contributed by atoms with van der Waals surface area (Å²) < 4.78 is 4.77. The Hall–Kier alpha value is -7.24. The summed E-state index contributed by atoms with van der Waals surface area (Å²) in [6.07, 6.45) is 0. The van der Waals surface area contributed by atoms with Gasteiger partial charge in [0.05, 0.1) is 27.8 Å². The second-order valence-electron chi connectivity index (χ2n) is 14.2. The molecule has 5 heteroatoms. The highest BCUT2D eigenvalue weighted by atomic mass is 15.2. The first kappa shape index (κ1) is 27.5. The first-order valence-corrected chi connectivity index (χ1v) is 18.1. The van der Waals surface area contributed by atoms with Gasteiger partial charge in [-0.05, 0) is 64.0 Å². The summed E-state index contributed by atoms with van der Waals surface area (Å²) in [5.74, 6) is 0. The molecule has 13 aromatic rings. The zero-order valence-corrected chi connectivity index (χ0v) is 28.3. The van der Waals surface area contributed by atoms with Crippen molar-refractivity contribution < 1.29 is 0 Å². The van der Waals surface area contributed by atoms with Crippen LogP contribution in [-0.2, 0) is 0 Å². The van der Waals surface area contributed by atoms with E-state index in [-0.39, 0.29) is 0 Å². The van der Waals surface area contributed by atoms with E-state index in [0.29, 0.717) is 0 Å². The second-order valence-corrected chi connectivity index (χ2v) is 14.2. The van der Waals surface area contributed by atoms with Crippen molar-refractivity contribution in [3.05, 3.63) is 164 Å². The number of anilines is 3. The summed E-state index contributed by atoms with van der Waals surface area (Å²) >= 11 is 0. The molecule has 8 aromatic carbocycles. The van der Waals surface area contributed by atoms with Gasteiger partial charge >= 0.3 is 0 Å². The molecule has 244 valence electrons. The molecule has 13 rings (SSSR count). The molecule has 0 spiro atoms. The van der Waals surface area contributed by atoms with E-state index in [1.54, 1.807) is 0 Å². The Morgan fingerprint density at radius 2 is 0.962 bits per heavy atom. The van der Waals surface area contributed by atoms with Gasteiger partial charge in [0.1, 0.15) is 11.0 Å². The van der Waals surface area contributed by atoms with Crippen molar-refractivity contribution in [3.8, 4) is 0 Å². The lowest BCUT2D eigenvalue weighted by atomic mass is 9.99. The minimum atomic E-state index is 0.875. The van der Waals surface area contributed by atoms with Crippen molar-refractivity contribution in [2.24, 2.45) is 0 Å². The number of para-hydroxylation sites is 4. The average molecular weight is 674 g/mol. The number of fused-ring (bicyclic) bond motifs is 16. The summed E-state index contributed by atoms with van der Waals surface area (Å²) in [6.45, 7) is 0.